The second-order valence-corrected chi connectivity index (χ2v) is 4.43. The third-order valence-corrected chi connectivity index (χ3v) is 2.94. The number of benzene rings is 1. The molecule has 2 heteroatoms. The molecule has 15 heavy (non-hydrogen) atoms. The summed E-state index contributed by atoms with van der Waals surface area (Å²) in [6.45, 7) is 4.14. The molecule has 1 aromatic rings. The molecule has 1 fully saturated rings. The minimum absolute atomic E-state index is 0.0362. The smallest absolute Gasteiger partial charge is 0.313 e. The molecule has 0 radical (unpaired) electrons. The van der Waals surface area contributed by atoms with E-state index in [0.717, 1.165) is 6.42 Å². The van der Waals surface area contributed by atoms with E-state index < -0.39 is 0 Å². The molecule has 0 unspecified atom stereocenters. The van der Waals surface area contributed by atoms with Crippen LogP contribution in [0.1, 0.15) is 19.4 Å². The molecule has 1 aliphatic rings. The first-order valence-corrected chi connectivity index (χ1v) is 5.43. The Morgan fingerprint density at radius 1 is 1.27 bits per heavy atom. The van der Waals surface area contributed by atoms with Crippen LogP contribution in [0.4, 0.5) is 0 Å². The van der Waals surface area contributed by atoms with Crippen LogP contribution in [0.5, 0.6) is 0 Å². The molecule has 0 aliphatic carbocycles. The van der Waals surface area contributed by atoms with Crippen molar-refractivity contribution in [1.82, 2.24) is 0 Å². The fourth-order valence-corrected chi connectivity index (χ4v) is 2.10. The normalized spacial score (nSPS) is 24.9. The highest BCUT2D eigenvalue weighted by Crippen LogP contribution is 2.31. The van der Waals surface area contributed by atoms with Crippen molar-refractivity contribution < 1.29 is 9.53 Å². The van der Waals surface area contributed by atoms with Gasteiger partial charge in [-0.2, -0.15) is 0 Å². The third kappa shape index (κ3) is 2.04. The molecule has 1 aliphatic heterocycles. The molecule has 2 rings (SSSR count). The van der Waals surface area contributed by atoms with E-state index in [9.17, 15) is 4.79 Å². The summed E-state index contributed by atoms with van der Waals surface area (Å²) in [5, 5.41) is 0. The van der Waals surface area contributed by atoms with Crippen molar-refractivity contribution >= 4 is 5.97 Å². The monoisotopic (exact) mass is 204 g/mol. The quantitative estimate of drug-likeness (QED) is 0.707. The zero-order chi connectivity index (χ0) is 10.8. The van der Waals surface area contributed by atoms with E-state index in [-0.39, 0.29) is 18.0 Å². The Bertz CT molecular complexity index is 343. The van der Waals surface area contributed by atoms with Gasteiger partial charge in [0.15, 0.2) is 0 Å². The summed E-state index contributed by atoms with van der Waals surface area (Å²) in [6, 6.07) is 10.2. The number of carbonyl (C=O) groups is 1. The predicted molar refractivity (Wildman–Crippen MR) is 58.4 cm³/mol. The van der Waals surface area contributed by atoms with Crippen LogP contribution in [0.3, 0.4) is 0 Å². The van der Waals surface area contributed by atoms with Gasteiger partial charge in [-0.3, -0.25) is 4.79 Å². The van der Waals surface area contributed by atoms with Crippen molar-refractivity contribution in [3.8, 4) is 0 Å². The standard InChI is InChI=1S/C13H16O2/c1-9(2)12-11(15-13(12)14)8-10-6-4-3-5-7-10/h3-7,9,11-12H,8H2,1-2H3/t11-,12+/m1/s1. The summed E-state index contributed by atoms with van der Waals surface area (Å²) < 4.78 is 5.18. The Hall–Kier alpha value is -1.31. The van der Waals surface area contributed by atoms with E-state index in [1.54, 1.807) is 0 Å². The third-order valence-electron chi connectivity index (χ3n) is 2.94. The summed E-state index contributed by atoms with van der Waals surface area (Å²) in [4.78, 5) is 11.3. The van der Waals surface area contributed by atoms with Crippen LogP contribution in [0.25, 0.3) is 0 Å². The van der Waals surface area contributed by atoms with Crippen molar-refractivity contribution in [3.63, 3.8) is 0 Å². The van der Waals surface area contributed by atoms with Crippen molar-refractivity contribution in [2.24, 2.45) is 11.8 Å². The molecule has 1 heterocycles. The predicted octanol–water partition coefficient (Wildman–Crippen LogP) is 2.43. The molecule has 0 bridgehead atoms. The fraction of sp³-hybridized carbons (Fsp3) is 0.462. The van der Waals surface area contributed by atoms with Gasteiger partial charge in [0.2, 0.25) is 0 Å². The first-order chi connectivity index (χ1) is 7.18. The molecular formula is C13H16O2. The number of esters is 1. The van der Waals surface area contributed by atoms with E-state index in [2.05, 4.69) is 26.0 Å². The summed E-state index contributed by atoms with van der Waals surface area (Å²) in [6.07, 6.45) is 0.926. The number of rotatable bonds is 3. The molecule has 0 spiro atoms. The lowest BCUT2D eigenvalue weighted by atomic mass is 9.83. The van der Waals surface area contributed by atoms with Crippen molar-refractivity contribution in [2.75, 3.05) is 0 Å². The average Bonchev–Trinajstić information content (AvgIpc) is 2.17. The molecule has 0 aromatic heterocycles. The second kappa shape index (κ2) is 4.05. The van der Waals surface area contributed by atoms with Crippen molar-refractivity contribution in [3.05, 3.63) is 35.9 Å². The van der Waals surface area contributed by atoms with E-state index in [0.29, 0.717) is 5.92 Å². The van der Waals surface area contributed by atoms with Gasteiger partial charge < -0.3 is 4.74 Å². The van der Waals surface area contributed by atoms with Crippen LogP contribution in [0.2, 0.25) is 0 Å². The minimum atomic E-state index is -0.0362. The second-order valence-electron chi connectivity index (χ2n) is 4.43. The molecule has 0 amide bonds. The summed E-state index contributed by atoms with van der Waals surface area (Å²) in [5.74, 6) is 0.427. The highest BCUT2D eigenvalue weighted by Gasteiger charge is 2.43. The lowest BCUT2D eigenvalue weighted by Crippen LogP contribution is -2.49. The van der Waals surface area contributed by atoms with Gasteiger partial charge in [0.05, 0.1) is 5.92 Å². The number of cyclic esters (lactones) is 1. The average molecular weight is 204 g/mol. The van der Waals surface area contributed by atoms with Crippen LogP contribution in [0.15, 0.2) is 30.3 Å². The molecule has 0 N–H and O–H groups in total. The maximum Gasteiger partial charge on any atom is 0.313 e. The first-order valence-electron chi connectivity index (χ1n) is 5.43. The minimum Gasteiger partial charge on any atom is -0.461 e. The van der Waals surface area contributed by atoms with Crippen LogP contribution < -0.4 is 0 Å². The maximum atomic E-state index is 11.3. The molecule has 2 nitrogen and oxygen atoms in total. The van der Waals surface area contributed by atoms with E-state index in [4.69, 9.17) is 4.74 Å². The van der Waals surface area contributed by atoms with Gasteiger partial charge in [0, 0.05) is 6.42 Å². The number of hydrogen-bond donors (Lipinski definition) is 0. The zero-order valence-corrected chi connectivity index (χ0v) is 9.14. The van der Waals surface area contributed by atoms with Gasteiger partial charge in [0.1, 0.15) is 6.10 Å². The van der Waals surface area contributed by atoms with Gasteiger partial charge in [0.25, 0.3) is 0 Å². The Kier molecular flexibility index (Phi) is 2.76. The highest BCUT2D eigenvalue weighted by atomic mass is 16.6. The van der Waals surface area contributed by atoms with Gasteiger partial charge in [-0.05, 0) is 11.5 Å². The summed E-state index contributed by atoms with van der Waals surface area (Å²) in [5.41, 5.74) is 1.24. The molecule has 0 saturated carbocycles. The number of carbonyl (C=O) groups excluding carboxylic acids is 1. The molecular weight excluding hydrogens is 188 g/mol. The van der Waals surface area contributed by atoms with Gasteiger partial charge in [-0.1, -0.05) is 44.2 Å². The van der Waals surface area contributed by atoms with E-state index >= 15 is 0 Å². The Balaban J connectivity index is 2.00. The van der Waals surface area contributed by atoms with Crippen molar-refractivity contribution in [2.45, 2.75) is 26.4 Å². The molecule has 1 aromatic carbocycles. The first kappa shape index (κ1) is 10.2. The topological polar surface area (TPSA) is 26.3 Å². The Morgan fingerprint density at radius 2 is 1.93 bits per heavy atom. The lowest BCUT2D eigenvalue weighted by Gasteiger charge is -2.37. The SMILES string of the molecule is CC(C)[C@@H]1C(=O)O[C@@H]1Cc1ccccc1. The van der Waals surface area contributed by atoms with E-state index in [1.165, 1.54) is 5.56 Å². The summed E-state index contributed by atoms with van der Waals surface area (Å²) in [7, 11) is 0. The van der Waals surface area contributed by atoms with Crippen LogP contribution in [-0.2, 0) is 16.0 Å². The molecule has 80 valence electrons. The van der Waals surface area contributed by atoms with Crippen LogP contribution in [-0.4, -0.2) is 12.1 Å². The number of hydrogen-bond acceptors (Lipinski definition) is 2. The van der Waals surface area contributed by atoms with Crippen LogP contribution >= 0.6 is 0 Å². The lowest BCUT2D eigenvalue weighted by molar-refractivity contribution is -0.188. The van der Waals surface area contributed by atoms with Gasteiger partial charge >= 0.3 is 5.97 Å². The Morgan fingerprint density at radius 3 is 2.47 bits per heavy atom. The number of ether oxygens (including phenoxy) is 1. The zero-order valence-electron chi connectivity index (χ0n) is 9.14. The molecule has 1 saturated heterocycles. The fourth-order valence-electron chi connectivity index (χ4n) is 2.10. The van der Waals surface area contributed by atoms with Gasteiger partial charge in [-0.15, -0.1) is 0 Å². The highest BCUT2D eigenvalue weighted by molar-refractivity contribution is 5.78. The largest absolute Gasteiger partial charge is 0.461 e. The van der Waals surface area contributed by atoms with Gasteiger partial charge in [-0.25, -0.2) is 0 Å². The van der Waals surface area contributed by atoms with Crippen LogP contribution in [0, 0.1) is 11.8 Å². The summed E-state index contributed by atoms with van der Waals surface area (Å²) >= 11 is 0. The Labute approximate surface area is 90.3 Å². The molecule has 2 atom stereocenters. The van der Waals surface area contributed by atoms with Crippen molar-refractivity contribution in [1.29, 1.82) is 0 Å². The maximum absolute atomic E-state index is 11.3. The van der Waals surface area contributed by atoms with E-state index in [1.807, 2.05) is 18.2 Å².